The second-order valence-corrected chi connectivity index (χ2v) is 4.37. The van der Waals surface area contributed by atoms with E-state index in [1.807, 2.05) is 6.07 Å². The zero-order chi connectivity index (χ0) is 12.6. The molecule has 90 valence electrons. The Labute approximate surface area is 97.6 Å². The highest BCUT2D eigenvalue weighted by Crippen LogP contribution is 2.04. The molecule has 1 aromatic carbocycles. The van der Waals surface area contributed by atoms with Crippen LogP contribution >= 0.6 is 0 Å². The molecule has 0 radical (unpaired) electrons. The van der Waals surface area contributed by atoms with Gasteiger partial charge in [0.1, 0.15) is 5.60 Å². The third-order valence-electron chi connectivity index (χ3n) is 1.66. The SMILES string of the molecule is CC(C)(C)OC(N)=O.CCc1ccccc1. The van der Waals surface area contributed by atoms with Crippen LogP contribution in [0.3, 0.4) is 0 Å². The molecule has 0 heterocycles. The first-order chi connectivity index (χ1) is 7.35. The molecule has 1 rings (SSSR count). The summed E-state index contributed by atoms with van der Waals surface area (Å²) in [6.45, 7) is 7.45. The molecule has 2 N–H and O–H groups in total. The number of benzene rings is 1. The third-order valence-corrected chi connectivity index (χ3v) is 1.66. The molecule has 16 heavy (non-hydrogen) atoms. The van der Waals surface area contributed by atoms with Crippen LogP contribution in [0.2, 0.25) is 0 Å². The van der Waals surface area contributed by atoms with Crippen molar-refractivity contribution in [1.29, 1.82) is 0 Å². The minimum atomic E-state index is -0.725. The summed E-state index contributed by atoms with van der Waals surface area (Å²) in [5, 5.41) is 0. The molecule has 0 atom stereocenters. The molecule has 1 amide bonds. The van der Waals surface area contributed by atoms with E-state index in [9.17, 15) is 4.79 Å². The van der Waals surface area contributed by atoms with Crippen LogP contribution in [0, 0.1) is 0 Å². The van der Waals surface area contributed by atoms with E-state index < -0.39 is 11.7 Å². The molecule has 3 nitrogen and oxygen atoms in total. The van der Waals surface area contributed by atoms with E-state index in [0.717, 1.165) is 6.42 Å². The highest BCUT2D eigenvalue weighted by atomic mass is 16.6. The zero-order valence-corrected chi connectivity index (χ0v) is 10.5. The standard InChI is InChI=1S/C8H10.C5H11NO2/c1-2-8-6-4-3-5-7-8;1-5(2,3)8-4(6)7/h3-7H,2H2,1H3;1-3H3,(H2,6,7). The Kier molecular flexibility index (Phi) is 6.23. The van der Waals surface area contributed by atoms with Crippen LogP contribution in [0.25, 0.3) is 0 Å². The number of hydrogen-bond acceptors (Lipinski definition) is 2. The number of rotatable bonds is 1. The van der Waals surface area contributed by atoms with E-state index in [2.05, 4.69) is 35.9 Å². The Hall–Kier alpha value is -1.51. The van der Waals surface area contributed by atoms with Crippen LogP contribution in [0.1, 0.15) is 33.3 Å². The summed E-state index contributed by atoms with van der Waals surface area (Å²) < 4.78 is 4.58. The van der Waals surface area contributed by atoms with Crippen molar-refractivity contribution in [2.75, 3.05) is 0 Å². The maximum atomic E-state index is 10.0. The van der Waals surface area contributed by atoms with Gasteiger partial charge >= 0.3 is 6.09 Å². The van der Waals surface area contributed by atoms with Gasteiger partial charge in [0.25, 0.3) is 0 Å². The number of carbonyl (C=O) groups excluding carboxylic acids is 1. The summed E-state index contributed by atoms with van der Waals surface area (Å²) in [7, 11) is 0. The third kappa shape index (κ3) is 9.06. The summed E-state index contributed by atoms with van der Waals surface area (Å²) >= 11 is 0. The summed E-state index contributed by atoms with van der Waals surface area (Å²) in [6, 6.07) is 10.5. The maximum Gasteiger partial charge on any atom is 0.405 e. The van der Waals surface area contributed by atoms with Crippen LogP contribution in [0.15, 0.2) is 30.3 Å². The van der Waals surface area contributed by atoms with E-state index >= 15 is 0 Å². The lowest BCUT2D eigenvalue weighted by atomic mass is 10.2. The van der Waals surface area contributed by atoms with Crippen molar-refractivity contribution >= 4 is 6.09 Å². The van der Waals surface area contributed by atoms with Crippen molar-refractivity contribution in [1.82, 2.24) is 0 Å². The fourth-order valence-electron chi connectivity index (χ4n) is 1.02. The molecular formula is C13H21NO2. The average Bonchev–Trinajstić information content (AvgIpc) is 2.16. The number of amides is 1. The number of carbonyl (C=O) groups is 1. The second-order valence-electron chi connectivity index (χ2n) is 4.37. The van der Waals surface area contributed by atoms with Gasteiger partial charge in [-0.1, -0.05) is 37.3 Å². The monoisotopic (exact) mass is 223 g/mol. The maximum absolute atomic E-state index is 10.0. The largest absolute Gasteiger partial charge is 0.444 e. The molecule has 3 heteroatoms. The lowest BCUT2D eigenvalue weighted by Gasteiger charge is -2.16. The Balaban J connectivity index is 0.000000281. The molecular weight excluding hydrogens is 202 g/mol. The van der Waals surface area contributed by atoms with Crippen LogP contribution in [-0.4, -0.2) is 11.7 Å². The second kappa shape index (κ2) is 6.88. The van der Waals surface area contributed by atoms with Gasteiger partial charge in [-0.15, -0.1) is 0 Å². The van der Waals surface area contributed by atoms with E-state index in [0.29, 0.717) is 0 Å². The summed E-state index contributed by atoms with van der Waals surface area (Å²) in [4.78, 5) is 10.0. The van der Waals surface area contributed by atoms with Gasteiger partial charge in [-0.2, -0.15) is 0 Å². The minimum absolute atomic E-state index is 0.453. The molecule has 0 saturated carbocycles. The molecule has 0 unspecified atom stereocenters. The van der Waals surface area contributed by atoms with Gasteiger partial charge in [0.2, 0.25) is 0 Å². The Bertz CT molecular complexity index is 301. The van der Waals surface area contributed by atoms with Crippen LogP contribution in [0.4, 0.5) is 4.79 Å². The van der Waals surface area contributed by atoms with Crippen molar-refractivity contribution in [3.8, 4) is 0 Å². The summed E-state index contributed by atoms with van der Waals surface area (Å²) in [6.07, 6.45) is 0.415. The van der Waals surface area contributed by atoms with Crippen LogP contribution in [-0.2, 0) is 11.2 Å². The molecule has 0 fully saturated rings. The van der Waals surface area contributed by atoms with Gasteiger partial charge in [-0.05, 0) is 32.8 Å². The predicted octanol–water partition coefficient (Wildman–Crippen LogP) is 3.13. The quantitative estimate of drug-likeness (QED) is 0.795. The van der Waals surface area contributed by atoms with Crippen LogP contribution in [0.5, 0.6) is 0 Å². The highest BCUT2D eigenvalue weighted by molar-refractivity contribution is 5.65. The van der Waals surface area contributed by atoms with Crippen molar-refractivity contribution in [2.24, 2.45) is 5.73 Å². The van der Waals surface area contributed by atoms with Crippen molar-refractivity contribution in [2.45, 2.75) is 39.7 Å². The van der Waals surface area contributed by atoms with Crippen molar-refractivity contribution in [3.05, 3.63) is 35.9 Å². The number of primary amides is 1. The average molecular weight is 223 g/mol. The van der Waals surface area contributed by atoms with Gasteiger partial charge in [-0.25, -0.2) is 4.79 Å². The fraction of sp³-hybridized carbons (Fsp3) is 0.462. The lowest BCUT2D eigenvalue weighted by Crippen LogP contribution is -2.27. The predicted molar refractivity (Wildman–Crippen MR) is 66.2 cm³/mol. The van der Waals surface area contributed by atoms with Crippen LogP contribution < -0.4 is 5.73 Å². The molecule has 0 aliphatic heterocycles. The van der Waals surface area contributed by atoms with Gasteiger partial charge in [0, 0.05) is 0 Å². The number of ether oxygens (including phenoxy) is 1. The molecule has 0 saturated heterocycles. The number of nitrogens with two attached hydrogens (primary N) is 1. The van der Waals surface area contributed by atoms with Gasteiger partial charge in [0.05, 0.1) is 0 Å². The normalized spacial score (nSPS) is 10.0. The van der Waals surface area contributed by atoms with E-state index in [4.69, 9.17) is 5.73 Å². The van der Waals surface area contributed by atoms with E-state index in [-0.39, 0.29) is 0 Å². The molecule has 0 spiro atoms. The minimum Gasteiger partial charge on any atom is -0.444 e. The summed E-state index contributed by atoms with van der Waals surface area (Å²) in [5.41, 5.74) is 5.67. The summed E-state index contributed by atoms with van der Waals surface area (Å²) in [5.74, 6) is 0. The molecule has 0 aromatic heterocycles. The Morgan fingerprint density at radius 1 is 1.25 bits per heavy atom. The molecule has 0 aliphatic carbocycles. The topological polar surface area (TPSA) is 52.3 Å². The Morgan fingerprint density at radius 3 is 1.94 bits per heavy atom. The fourth-order valence-corrected chi connectivity index (χ4v) is 1.02. The van der Waals surface area contributed by atoms with Crippen molar-refractivity contribution < 1.29 is 9.53 Å². The number of hydrogen-bond donors (Lipinski definition) is 1. The lowest BCUT2D eigenvalue weighted by molar-refractivity contribution is 0.0600. The number of aryl methyl sites for hydroxylation is 1. The van der Waals surface area contributed by atoms with Gasteiger partial charge in [0.15, 0.2) is 0 Å². The van der Waals surface area contributed by atoms with Gasteiger partial charge in [-0.3, -0.25) is 0 Å². The van der Waals surface area contributed by atoms with E-state index in [1.165, 1.54) is 5.56 Å². The Morgan fingerprint density at radius 2 is 1.75 bits per heavy atom. The van der Waals surface area contributed by atoms with Gasteiger partial charge < -0.3 is 10.5 Å². The smallest absolute Gasteiger partial charge is 0.405 e. The first kappa shape index (κ1) is 14.5. The molecule has 1 aromatic rings. The first-order valence-electron chi connectivity index (χ1n) is 5.37. The van der Waals surface area contributed by atoms with Crippen molar-refractivity contribution in [3.63, 3.8) is 0 Å². The van der Waals surface area contributed by atoms with E-state index in [1.54, 1.807) is 20.8 Å². The first-order valence-corrected chi connectivity index (χ1v) is 5.37. The zero-order valence-electron chi connectivity index (χ0n) is 10.5. The molecule has 0 bridgehead atoms. The molecule has 0 aliphatic rings. The highest BCUT2D eigenvalue weighted by Gasteiger charge is 2.12.